The molecule has 3 heteroatoms. The molecule has 1 unspecified atom stereocenters. The quantitative estimate of drug-likeness (QED) is 0.125. The molecule has 0 bridgehead atoms. The van der Waals surface area contributed by atoms with E-state index in [2.05, 4.69) is 31.2 Å². The van der Waals surface area contributed by atoms with Gasteiger partial charge < -0.3 is 9.47 Å². The molecule has 2 rings (SSSR count). The highest BCUT2D eigenvalue weighted by molar-refractivity contribution is 5.69. The average Bonchev–Trinajstić information content (AvgIpc) is 2.85. The van der Waals surface area contributed by atoms with Gasteiger partial charge in [-0.05, 0) is 41.8 Å². The van der Waals surface area contributed by atoms with Crippen molar-refractivity contribution in [1.82, 2.24) is 0 Å². The van der Waals surface area contributed by atoms with Crippen LogP contribution in [-0.4, -0.2) is 13.1 Å². The zero-order valence-corrected chi connectivity index (χ0v) is 21.8. The van der Waals surface area contributed by atoms with Crippen molar-refractivity contribution in [2.45, 2.75) is 110 Å². The van der Waals surface area contributed by atoms with Crippen LogP contribution in [0.5, 0.6) is 11.5 Å². The van der Waals surface area contributed by atoms with Gasteiger partial charge in [0.2, 0.25) is 0 Å². The number of methoxy groups -OCH3 is 1. The van der Waals surface area contributed by atoms with Crippen LogP contribution in [0, 0.1) is 0 Å². The van der Waals surface area contributed by atoms with Crippen molar-refractivity contribution in [1.29, 1.82) is 0 Å². The first kappa shape index (κ1) is 28.0. The molecule has 0 aliphatic heterocycles. The highest BCUT2D eigenvalue weighted by atomic mass is 16.5. The fraction of sp³-hybridized carbons (Fsp3) is 0.581. The zero-order valence-electron chi connectivity index (χ0n) is 21.8. The number of esters is 1. The normalized spacial score (nSPS) is 11.9. The van der Waals surface area contributed by atoms with Crippen LogP contribution in [0.3, 0.4) is 0 Å². The van der Waals surface area contributed by atoms with Gasteiger partial charge in [-0.2, -0.15) is 0 Å². The van der Waals surface area contributed by atoms with Gasteiger partial charge in [0, 0.05) is 12.8 Å². The lowest BCUT2D eigenvalue weighted by Crippen LogP contribution is -2.04. The van der Waals surface area contributed by atoms with Crippen molar-refractivity contribution in [3.63, 3.8) is 0 Å². The summed E-state index contributed by atoms with van der Waals surface area (Å²) in [6.07, 6.45) is 18.9. The summed E-state index contributed by atoms with van der Waals surface area (Å²) < 4.78 is 10.6. The van der Waals surface area contributed by atoms with Gasteiger partial charge in [0.25, 0.3) is 0 Å². The lowest BCUT2D eigenvalue weighted by molar-refractivity contribution is -0.131. The van der Waals surface area contributed by atoms with E-state index in [-0.39, 0.29) is 5.97 Å². The van der Waals surface area contributed by atoms with Crippen LogP contribution < -0.4 is 9.47 Å². The van der Waals surface area contributed by atoms with Gasteiger partial charge in [-0.25, -0.2) is 0 Å². The number of carbonyl (C=O) groups excluding carboxylic acids is 1. The van der Waals surface area contributed by atoms with Crippen LogP contribution in [0.2, 0.25) is 0 Å². The van der Waals surface area contributed by atoms with Crippen LogP contribution in [-0.2, 0) is 4.79 Å². The van der Waals surface area contributed by atoms with Crippen molar-refractivity contribution in [3.05, 3.63) is 59.7 Å². The fourth-order valence-electron chi connectivity index (χ4n) is 4.66. The van der Waals surface area contributed by atoms with Crippen LogP contribution in [0.4, 0.5) is 0 Å². The van der Waals surface area contributed by atoms with E-state index >= 15 is 0 Å². The standard InChI is InChI=1S/C31H46O3/c1-4-5-6-7-8-9-10-11-12-13-14-15-16-17-31(27-18-22-29(33-3)23-19-27)28-20-24-30(25-21-28)34-26(2)32/h18-25,31H,4-17H2,1-3H3. The monoisotopic (exact) mass is 466 g/mol. The number of hydrogen-bond acceptors (Lipinski definition) is 3. The van der Waals surface area contributed by atoms with Crippen molar-refractivity contribution >= 4 is 5.97 Å². The van der Waals surface area contributed by atoms with E-state index in [1.165, 1.54) is 102 Å². The number of carbonyl (C=O) groups is 1. The van der Waals surface area contributed by atoms with E-state index in [4.69, 9.17) is 9.47 Å². The summed E-state index contributed by atoms with van der Waals surface area (Å²) in [5, 5.41) is 0. The number of hydrogen-bond donors (Lipinski definition) is 0. The highest BCUT2D eigenvalue weighted by Gasteiger charge is 2.15. The van der Waals surface area contributed by atoms with E-state index in [9.17, 15) is 4.79 Å². The first-order valence-corrected chi connectivity index (χ1v) is 13.6. The summed E-state index contributed by atoms with van der Waals surface area (Å²) in [5.41, 5.74) is 2.57. The Morgan fingerprint density at radius 1 is 0.647 bits per heavy atom. The van der Waals surface area contributed by atoms with E-state index in [0.717, 1.165) is 12.2 Å². The molecule has 0 aliphatic carbocycles. The molecule has 1 atom stereocenters. The minimum atomic E-state index is -0.286. The van der Waals surface area contributed by atoms with Crippen molar-refractivity contribution < 1.29 is 14.3 Å². The van der Waals surface area contributed by atoms with Crippen LogP contribution in [0.1, 0.15) is 121 Å². The predicted octanol–water partition coefficient (Wildman–Crippen LogP) is 9.23. The van der Waals surface area contributed by atoms with Gasteiger partial charge in [-0.3, -0.25) is 4.79 Å². The van der Waals surface area contributed by atoms with E-state index in [1.807, 2.05) is 24.3 Å². The Bertz CT molecular complexity index is 779. The van der Waals surface area contributed by atoms with E-state index < -0.39 is 0 Å². The minimum absolute atomic E-state index is 0.286. The van der Waals surface area contributed by atoms with Crippen molar-refractivity contribution in [2.24, 2.45) is 0 Å². The van der Waals surface area contributed by atoms with Gasteiger partial charge in [-0.15, -0.1) is 0 Å². The number of benzene rings is 2. The molecular weight excluding hydrogens is 420 g/mol. The molecule has 0 aliphatic rings. The lowest BCUT2D eigenvalue weighted by atomic mass is 9.86. The molecule has 0 saturated carbocycles. The van der Waals surface area contributed by atoms with E-state index in [1.54, 1.807) is 7.11 Å². The summed E-state index contributed by atoms with van der Waals surface area (Å²) in [6.45, 7) is 3.71. The predicted molar refractivity (Wildman–Crippen MR) is 143 cm³/mol. The molecule has 0 aromatic heterocycles. The summed E-state index contributed by atoms with van der Waals surface area (Å²) >= 11 is 0. The third kappa shape index (κ3) is 11.2. The minimum Gasteiger partial charge on any atom is -0.497 e. The highest BCUT2D eigenvalue weighted by Crippen LogP contribution is 2.32. The topological polar surface area (TPSA) is 35.5 Å². The Labute approximate surface area is 208 Å². The van der Waals surface area contributed by atoms with Gasteiger partial charge in [0.05, 0.1) is 7.11 Å². The third-order valence-electron chi connectivity index (χ3n) is 6.66. The van der Waals surface area contributed by atoms with Gasteiger partial charge in [0.1, 0.15) is 11.5 Å². The second kappa shape index (κ2) is 17.2. The number of rotatable bonds is 18. The van der Waals surface area contributed by atoms with Crippen molar-refractivity contribution in [3.8, 4) is 11.5 Å². The maximum absolute atomic E-state index is 11.2. The molecule has 2 aromatic rings. The summed E-state index contributed by atoms with van der Waals surface area (Å²) in [4.78, 5) is 11.2. The Morgan fingerprint density at radius 3 is 1.47 bits per heavy atom. The first-order chi connectivity index (χ1) is 16.6. The number of unbranched alkanes of at least 4 members (excludes halogenated alkanes) is 12. The SMILES string of the molecule is CCCCCCCCCCCCCCCC(c1ccc(OC)cc1)c1ccc(OC(C)=O)cc1. The Morgan fingerprint density at radius 2 is 1.06 bits per heavy atom. The molecule has 0 N–H and O–H groups in total. The first-order valence-electron chi connectivity index (χ1n) is 13.6. The van der Waals surface area contributed by atoms with Gasteiger partial charge in [-0.1, -0.05) is 115 Å². The smallest absolute Gasteiger partial charge is 0.308 e. The molecule has 0 saturated heterocycles. The molecule has 0 spiro atoms. The van der Waals surface area contributed by atoms with Crippen LogP contribution in [0.15, 0.2) is 48.5 Å². The van der Waals surface area contributed by atoms with Crippen LogP contribution >= 0.6 is 0 Å². The molecular formula is C31H46O3. The molecule has 2 aromatic carbocycles. The lowest BCUT2D eigenvalue weighted by Gasteiger charge is -2.19. The molecule has 34 heavy (non-hydrogen) atoms. The zero-order chi connectivity index (χ0) is 24.4. The molecule has 0 fully saturated rings. The summed E-state index contributed by atoms with van der Waals surface area (Å²) in [5.74, 6) is 1.54. The fourth-order valence-corrected chi connectivity index (χ4v) is 4.66. The molecule has 0 radical (unpaired) electrons. The Kier molecular flexibility index (Phi) is 14.1. The summed E-state index contributed by atoms with van der Waals surface area (Å²) in [7, 11) is 1.70. The molecule has 0 heterocycles. The Balaban J connectivity index is 1.75. The maximum Gasteiger partial charge on any atom is 0.308 e. The van der Waals surface area contributed by atoms with Crippen LogP contribution in [0.25, 0.3) is 0 Å². The average molecular weight is 467 g/mol. The van der Waals surface area contributed by atoms with Gasteiger partial charge in [0.15, 0.2) is 0 Å². The van der Waals surface area contributed by atoms with Crippen molar-refractivity contribution in [2.75, 3.05) is 7.11 Å². The Hall–Kier alpha value is -2.29. The maximum atomic E-state index is 11.2. The number of ether oxygens (including phenoxy) is 2. The molecule has 188 valence electrons. The summed E-state index contributed by atoms with van der Waals surface area (Å²) in [6, 6.07) is 16.4. The second-order valence-electron chi connectivity index (χ2n) is 9.52. The van der Waals surface area contributed by atoms with Gasteiger partial charge >= 0.3 is 5.97 Å². The molecule has 0 amide bonds. The largest absolute Gasteiger partial charge is 0.497 e. The second-order valence-corrected chi connectivity index (χ2v) is 9.52. The third-order valence-corrected chi connectivity index (χ3v) is 6.66. The molecule has 3 nitrogen and oxygen atoms in total. The van der Waals surface area contributed by atoms with E-state index in [0.29, 0.717) is 11.7 Å².